The quantitative estimate of drug-likeness (QED) is 0.599. The maximum atomic E-state index is 13.6. The number of rotatable bonds is 5. The Morgan fingerprint density at radius 2 is 1.88 bits per heavy atom. The van der Waals surface area contributed by atoms with Gasteiger partial charge in [-0.25, -0.2) is 9.18 Å². The van der Waals surface area contributed by atoms with Crippen LogP contribution < -0.4 is 11.1 Å². The lowest BCUT2D eigenvalue weighted by Crippen LogP contribution is -2.45. The van der Waals surface area contributed by atoms with Gasteiger partial charge in [-0.1, -0.05) is 12.1 Å². The van der Waals surface area contributed by atoms with Gasteiger partial charge in [-0.2, -0.15) is 13.2 Å². The largest absolute Gasteiger partial charge is 0.465 e. The average molecular weight is 454 g/mol. The summed E-state index contributed by atoms with van der Waals surface area (Å²) < 4.78 is 51.9. The molecule has 8 nitrogen and oxygen atoms in total. The van der Waals surface area contributed by atoms with Gasteiger partial charge in [0, 0.05) is 24.7 Å². The SMILES string of the molecule is NC(=O)c1cnc(-c2ccc(C(F)(F)F)cc2)cc1CNC(=O)[C@H]1C[C@@H](F)CN1C(=O)O. The average Bonchev–Trinajstić information content (AvgIpc) is 3.13. The first-order chi connectivity index (χ1) is 15.0. The number of likely N-dealkylation sites (tertiary alicyclic amines) is 1. The minimum atomic E-state index is -4.50. The van der Waals surface area contributed by atoms with E-state index >= 15 is 0 Å². The standard InChI is InChI=1S/C20H18F4N4O4/c21-13-6-16(28(9-13)19(31)32)18(30)27-7-11-5-15(26-8-14(11)17(25)29)10-1-3-12(4-2-10)20(22,23)24/h1-5,8,13,16H,6-7,9H2,(H2,25,29)(H,27,30)(H,31,32)/t13-,16-/m1/s1. The fourth-order valence-corrected chi connectivity index (χ4v) is 3.40. The van der Waals surface area contributed by atoms with Crippen molar-refractivity contribution in [3.05, 3.63) is 53.2 Å². The minimum Gasteiger partial charge on any atom is -0.465 e. The molecular formula is C20H18F4N4O4. The lowest BCUT2D eigenvalue weighted by Gasteiger charge is -2.20. The Kier molecular flexibility index (Phi) is 6.32. The second kappa shape index (κ2) is 8.81. The van der Waals surface area contributed by atoms with E-state index in [0.29, 0.717) is 10.5 Å². The van der Waals surface area contributed by atoms with Gasteiger partial charge in [0.2, 0.25) is 5.91 Å². The molecule has 0 unspecified atom stereocenters. The van der Waals surface area contributed by atoms with Crippen LogP contribution in [0, 0.1) is 0 Å². The number of aromatic nitrogens is 1. The summed E-state index contributed by atoms with van der Waals surface area (Å²) in [7, 11) is 0. The molecule has 0 radical (unpaired) electrons. The van der Waals surface area contributed by atoms with Crippen molar-refractivity contribution in [1.82, 2.24) is 15.2 Å². The summed E-state index contributed by atoms with van der Waals surface area (Å²) in [6.07, 6.45) is -6.58. The van der Waals surface area contributed by atoms with Gasteiger partial charge in [0.25, 0.3) is 5.91 Å². The van der Waals surface area contributed by atoms with Crippen LogP contribution in [0.3, 0.4) is 0 Å². The van der Waals surface area contributed by atoms with E-state index in [1.165, 1.54) is 18.2 Å². The first-order valence-corrected chi connectivity index (χ1v) is 9.35. The molecule has 2 atom stereocenters. The zero-order valence-corrected chi connectivity index (χ0v) is 16.4. The monoisotopic (exact) mass is 454 g/mol. The Morgan fingerprint density at radius 3 is 2.44 bits per heavy atom. The zero-order valence-electron chi connectivity index (χ0n) is 16.4. The number of alkyl halides is 4. The Labute approximate surface area is 179 Å². The van der Waals surface area contributed by atoms with Gasteiger partial charge in [-0.15, -0.1) is 0 Å². The summed E-state index contributed by atoms with van der Waals surface area (Å²) in [5, 5.41) is 11.6. The lowest BCUT2D eigenvalue weighted by molar-refractivity contribution is -0.137. The number of pyridine rings is 1. The van der Waals surface area contributed by atoms with E-state index in [9.17, 15) is 31.9 Å². The second-order valence-electron chi connectivity index (χ2n) is 7.17. The molecule has 0 bridgehead atoms. The number of hydrogen-bond donors (Lipinski definition) is 3. The fraction of sp³-hybridized carbons (Fsp3) is 0.300. The number of hydrogen-bond acceptors (Lipinski definition) is 4. The van der Waals surface area contributed by atoms with E-state index in [0.717, 1.165) is 18.3 Å². The second-order valence-corrected chi connectivity index (χ2v) is 7.17. The van der Waals surface area contributed by atoms with Crippen LogP contribution in [0.25, 0.3) is 11.3 Å². The molecular weight excluding hydrogens is 436 g/mol. The van der Waals surface area contributed by atoms with Crippen LogP contribution in [-0.4, -0.2) is 51.7 Å². The smallest absolute Gasteiger partial charge is 0.416 e. The van der Waals surface area contributed by atoms with E-state index in [1.807, 2.05) is 0 Å². The summed E-state index contributed by atoms with van der Waals surface area (Å²) in [4.78, 5) is 40.1. The third-order valence-corrected chi connectivity index (χ3v) is 5.01. The number of primary amides is 1. The Bertz CT molecular complexity index is 1040. The van der Waals surface area contributed by atoms with Crippen molar-refractivity contribution < 1.29 is 37.1 Å². The normalized spacial score (nSPS) is 18.4. The summed E-state index contributed by atoms with van der Waals surface area (Å²) in [6, 6.07) is 4.34. The van der Waals surface area contributed by atoms with Crippen molar-refractivity contribution >= 4 is 17.9 Å². The fourth-order valence-electron chi connectivity index (χ4n) is 3.40. The third-order valence-electron chi connectivity index (χ3n) is 5.01. The molecule has 32 heavy (non-hydrogen) atoms. The molecule has 1 aliphatic heterocycles. The van der Waals surface area contributed by atoms with Gasteiger partial charge in [-0.3, -0.25) is 19.5 Å². The van der Waals surface area contributed by atoms with Crippen LogP contribution in [-0.2, 0) is 17.5 Å². The maximum absolute atomic E-state index is 13.6. The van der Waals surface area contributed by atoms with Crippen molar-refractivity contribution in [2.75, 3.05) is 6.54 Å². The van der Waals surface area contributed by atoms with Crippen LogP contribution in [0.4, 0.5) is 22.4 Å². The van der Waals surface area contributed by atoms with Crippen molar-refractivity contribution in [2.24, 2.45) is 5.73 Å². The number of carbonyl (C=O) groups is 3. The Hall–Kier alpha value is -3.70. The van der Waals surface area contributed by atoms with Crippen LogP contribution in [0.5, 0.6) is 0 Å². The molecule has 12 heteroatoms. The highest BCUT2D eigenvalue weighted by molar-refractivity contribution is 5.94. The molecule has 3 amide bonds. The summed E-state index contributed by atoms with van der Waals surface area (Å²) in [5.41, 5.74) is 5.22. The Balaban J connectivity index is 1.82. The first-order valence-electron chi connectivity index (χ1n) is 9.35. The number of halogens is 4. The number of carbonyl (C=O) groups excluding carboxylic acids is 2. The molecule has 2 heterocycles. The molecule has 0 spiro atoms. The molecule has 2 aromatic rings. The molecule has 1 saturated heterocycles. The summed E-state index contributed by atoms with van der Waals surface area (Å²) >= 11 is 0. The summed E-state index contributed by atoms with van der Waals surface area (Å²) in [6.45, 7) is -0.679. The molecule has 1 aromatic heterocycles. The van der Waals surface area contributed by atoms with Crippen molar-refractivity contribution in [1.29, 1.82) is 0 Å². The van der Waals surface area contributed by atoms with Gasteiger partial charge in [-0.05, 0) is 23.8 Å². The molecule has 1 fully saturated rings. The van der Waals surface area contributed by atoms with Crippen LogP contribution in [0.1, 0.15) is 27.9 Å². The minimum absolute atomic E-state index is 0.0363. The summed E-state index contributed by atoms with van der Waals surface area (Å²) in [5.74, 6) is -1.60. The molecule has 0 saturated carbocycles. The third kappa shape index (κ3) is 4.95. The van der Waals surface area contributed by atoms with E-state index in [4.69, 9.17) is 10.8 Å². The number of nitrogens with one attached hydrogen (secondary N) is 1. The highest BCUT2D eigenvalue weighted by Gasteiger charge is 2.39. The molecule has 3 rings (SSSR count). The van der Waals surface area contributed by atoms with Gasteiger partial charge in [0.05, 0.1) is 23.4 Å². The van der Waals surface area contributed by atoms with Crippen molar-refractivity contribution in [3.8, 4) is 11.3 Å². The molecule has 170 valence electrons. The van der Waals surface area contributed by atoms with E-state index in [1.54, 1.807) is 0 Å². The molecule has 4 N–H and O–H groups in total. The predicted octanol–water partition coefficient (Wildman–Crippen LogP) is 2.57. The first kappa shape index (κ1) is 23.0. The van der Waals surface area contributed by atoms with Crippen LogP contribution in [0.2, 0.25) is 0 Å². The number of nitrogens with zero attached hydrogens (tertiary/aromatic N) is 2. The molecule has 1 aromatic carbocycles. The zero-order chi connectivity index (χ0) is 23.6. The van der Waals surface area contributed by atoms with E-state index < -0.39 is 48.4 Å². The number of amides is 3. The van der Waals surface area contributed by atoms with Crippen LogP contribution >= 0.6 is 0 Å². The number of carboxylic acid groups (broad SMARTS) is 1. The highest BCUT2D eigenvalue weighted by atomic mass is 19.4. The predicted molar refractivity (Wildman–Crippen MR) is 103 cm³/mol. The van der Waals surface area contributed by atoms with Crippen molar-refractivity contribution in [3.63, 3.8) is 0 Å². The van der Waals surface area contributed by atoms with Gasteiger partial charge in [0.1, 0.15) is 12.2 Å². The van der Waals surface area contributed by atoms with Crippen LogP contribution in [0.15, 0.2) is 36.5 Å². The van der Waals surface area contributed by atoms with Gasteiger partial charge in [0.15, 0.2) is 0 Å². The Morgan fingerprint density at radius 1 is 1.22 bits per heavy atom. The van der Waals surface area contributed by atoms with Gasteiger partial charge >= 0.3 is 12.3 Å². The maximum Gasteiger partial charge on any atom is 0.416 e. The highest BCUT2D eigenvalue weighted by Crippen LogP contribution is 2.31. The van der Waals surface area contributed by atoms with Crippen molar-refractivity contribution in [2.45, 2.75) is 31.4 Å². The lowest BCUT2D eigenvalue weighted by atomic mass is 10.0. The number of nitrogens with two attached hydrogens (primary N) is 1. The number of benzene rings is 1. The van der Waals surface area contributed by atoms with E-state index in [-0.39, 0.29) is 29.8 Å². The van der Waals surface area contributed by atoms with E-state index in [2.05, 4.69) is 10.3 Å². The molecule has 0 aliphatic carbocycles. The molecule has 1 aliphatic rings. The topological polar surface area (TPSA) is 126 Å². The van der Waals surface area contributed by atoms with Gasteiger partial charge < -0.3 is 16.2 Å².